The normalized spacial score (nSPS) is 14.3. The lowest BCUT2D eigenvalue weighted by atomic mass is 10.2. The molecule has 1 aromatic carbocycles. The van der Waals surface area contributed by atoms with E-state index in [4.69, 9.17) is 0 Å². The summed E-state index contributed by atoms with van der Waals surface area (Å²) in [5.41, 5.74) is 1.91. The second-order valence-electron chi connectivity index (χ2n) is 7.31. The number of aryl methyl sites for hydroxylation is 1. The van der Waals surface area contributed by atoms with Crippen molar-refractivity contribution in [3.8, 4) is 0 Å². The molecule has 0 atom stereocenters. The van der Waals surface area contributed by atoms with E-state index in [1.165, 1.54) is 4.90 Å². The molecule has 1 saturated heterocycles. The predicted molar refractivity (Wildman–Crippen MR) is 102 cm³/mol. The molecular formula is C20H29N3O3. The first-order valence-electron chi connectivity index (χ1n) is 9.24. The molecule has 2 rings (SSSR count). The molecule has 0 N–H and O–H groups in total. The number of rotatable bonds is 7. The van der Waals surface area contributed by atoms with E-state index in [0.717, 1.165) is 17.7 Å². The summed E-state index contributed by atoms with van der Waals surface area (Å²) < 4.78 is 0. The lowest BCUT2D eigenvalue weighted by molar-refractivity contribution is -0.140. The molecule has 26 heavy (non-hydrogen) atoms. The minimum atomic E-state index is -0.182. The van der Waals surface area contributed by atoms with Gasteiger partial charge in [-0.05, 0) is 31.4 Å². The average molecular weight is 359 g/mol. The Morgan fingerprint density at radius 2 is 1.85 bits per heavy atom. The van der Waals surface area contributed by atoms with Crippen LogP contribution in [0.25, 0.3) is 0 Å². The summed E-state index contributed by atoms with van der Waals surface area (Å²) in [6, 6.07) is 7.66. The van der Waals surface area contributed by atoms with Crippen LogP contribution in [-0.2, 0) is 14.4 Å². The Labute approximate surface area is 155 Å². The van der Waals surface area contributed by atoms with Crippen LogP contribution in [0.3, 0.4) is 0 Å². The number of carbonyl (C=O) groups excluding carboxylic acids is 3. The monoisotopic (exact) mass is 359 g/mol. The number of anilines is 1. The Morgan fingerprint density at radius 3 is 2.42 bits per heavy atom. The number of benzene rings is 1. The van der Waals surface area contributed by atoms with Gasteiger partial charge in [-0.15, -0.1) is 0 Å². The van der Waals surface area contributed by atoms with Crippen molar-refractivity contribution in [2.24, 2.45) is 5.92 Å². The molecule has 0 aromatic heterocycles. The quantitative estimate of drug-likeness (QED) is 0.751. The van der Waals surface area contributed by atoms with Crippen LogP contribution < -0.4 is 4.90 Å². The van der Waals surface area contributed by atoms with Crippen LogP contribution in [-0.4, -0.2) is 53.8 Å². The summed E-state index contributed by atoms with van der Waals surface area (Å²) in [7, 11) is 0. The van der Waals surface area contributed by atoms with E-state index in [1.54, 1.807) is 9.80 Å². The van der Waals surface area contributed by atoms with E-state index < -0.39 is 0 Å². The highest BCUT2D eigenvalue weighted by molar-refractivity contribution is 6.00. The zero-order valence-corrected chi connectivity index (χ0v) is 16.2. The van der Waals surface area contributed by atoms with Crippen LogP contribution in [0.4, 0.5) is 5.69 Å². The van der Waals surface area contributed by atoms with Crippen LogP contribution in [0.2, 0.25) is 0 Å². The van der Waals surface area contributed by atoms with Crippen LogP contribution >= 0.6 is 0 Å². The van der Waals surface area contributed by atoms with E-state index in [2.05, 4.69) is 0 Å². The van der Waals surface area contributed by atoms with Crippen molar-refractivity contribution in [3.63, 3.8) is 0 Å². The molecule has 1 heterocycles. The highest BCUT2D eigenvalue weighted by Crippen LogP contribution is 2.20. The maximum Gasteiger partial charge on any atom is 0.248 e. The molecule has 1 aliphatic heterocycles. The summed E-state index contributed by atoms with van der Waals surface area (Å²) >= 11 is 0. The van der Waals surface area contributed by atoms with Gasteiger partial charge in [-0.3, -0.25) is 19.3 Å². The van der Waals surface area contributed by atoms with E-state index in [9.17, 15) is 14.4 Å². The van der Waals surface area contributed by atoms with Gasteiger partial charge in [0.25, 0.3) is 0 Å². The van der Waals surface area contributed by atoms with Gasteiger partial charge in [-0.25, -0.2) is 0 Å². The molecule has 6 heteroatoms. The van der Waals surface area contributed by atoms with Crippen LogP contribution in [0.1, 0.15) is 39.2 Å². The number of hydrogen-bond acceptors (Lipinski definition) is 3. The van der Waals surface area contributed by atoms with Crippen molar-refractivity contribution in [1.29, 1.82) is 0 Å². The van der Waals surface area contributed by atoms with Gasteiger partial charge in [0.05, 0.1) is 6.54 Å². The highest BCUT2D eigenvalue weighted by Gasteiger charge is 2.32. The minimum absolute atomic E-state index is 0.00420. The van der Waals surface area contributed by atoms with Gasteiger partial charge in [0, 0.05) is 18.7 Å². The molecule has 0 bridgehead atoms. The third kappa shape index (κ3) is 5.07. The molecule has 1 fully saturated rings. The topological polar surface area (TPSA) is 60.9 Å². The molecule has 1 aromatic rings. The molecule has 0 spiro atoms. The van der Waals surface area contributed by atoms with Gasteiger partial charge in [-0.1, -0.05) is 38.5 Å². The standard InChI is InChI=1S/C20H29N3O3/c1-5-6-18(24)21(11-15(2)3)12-19(25)22-13-20(26)23(14-22)17-9-7-16(4)8-10-17/h7-10,15H,5-6,11-14H2,1-4H3. The summed E-state index contributed by atoms with van der Waals surface area (Å²) in [5, 5.41) is 0. The molecule has 0 unspecified atom stereocenters. The fourth-order valence-corrected chi connectivity index (χ4v) is 3.00. The average Bonchev–Trinajstić information content (AvgIpc) is 2.96. The Hall–Kier alpha value is -2.37. The minimum Gasteiger partial charge on any atom is -0.333 e. The Balaban J connectivity index is 2.03. The van der Waals surface area contributed by atoms with Crippen molar-refractivity contribution in [2.75, 3.05) is 31.2 Å². The Morgan fingerprint density at radius 1 is 1.19 bits per heavy atom. The van der Waals surface area contributed by atoms with Gasteiger partial charge in [0.2, 0.25) is 17.7 Å². The van der Waals surface area contributed by atoms with Crippen molar-refractivity contribution in [1.82, 2.24) is 9.80 Å². The maximum absolute atomic E-state index is 12.7. The van der Waals surface area contributed by atoms with Crippen molar-refractivity contribution in [2.45, 2.75) is 40.5 Å². The summed E-state index contributed by atoms with van der Waals surface area (Å²) in [6.45, 7) is 8.86. The molecule has 0 aliphatic carbocycles. The van der Waals surface area contributed by atoms with Gasteiger partial charge in [-0.2, -0.15) is 0 Å². The first-order valence-corrected chi connectivity index (χ1v) is 9.24. The predicted octanol–water partition coefficient (Wildman–Crippen LogP) is 2.41. The number of nitrogens with zero attached hydrogens (tertiary/aromatic N) is 3. The van der Waals surface area contributed by atoms with Crippen LogP contribution in [0, 0.1) is 12.8 Å². The second-order valence-corrected chi connectivity index (χ2v) is 7.31. The Kier molecular flexibility index (Phi) is 6.77. The molecule has 142 valence electrons. The van der Waals surface area contributed by atoms with Crippen molar-refractivity contribution >= 4 is 23.4 Å². The smallest absolute Gasteiger partial charge is 0.248 e. The van der Waals surface area contributed by atoms with Crippen molar-refractivity contribution < 1.29 is 14.4 Å². The van der Waals surface area contributed by atoms with E-state index in [-0.39, 0.29) is 43.4 Å². The van der Waals surface area contributed by atoms with Crippen molar-refractivity contribution in [3.05, 3.63) is 29.8 Å². The summed E-state index contributed by atoms with van der Waals surface area (Å²) in [4.78, 5) is 42.0. The highest BCUT2D eigenvalue weighted by atomic mass is 16.2. The first-order chi connectivity index (χ1) is 12.3. The van der Waals surface area contributed by atoms with E-state index in [1.807, 2.05) is 52.0 Å². The molecule has 1 aliphatic rings. The fraction of sp³-hybridized carbons (Fsp3) is 0.550. The van der Waals surface area contributed by atoms with Gasteiger partial charge in [0.15, 0.2) is 0 Å². The fourth-order valence-electron chi connectivity index (χ4n) is 3.00. The largest absolute Gasteiger partial charge is 0.333 e. The summed E-state index contributed by atoms with van der Waals surface area (Å²) in [6.07, 6.45) is 1.19. The first kappa shape index (κ1) is 19.9. The third-order valence-corrected chi connectivity index (χ3v) is 4.37. The summed E-state index contributed by atoms with van der Waals surface area (Å²) in [5.74, 6) is -0.00102. The molecule has 0 radical (unpaired) electrons. The molecule has 6 nitrogen and oxygen atoms in total. The lowest BCUT2D eigenvalue weighted by Crippen LogP contribution is -2.44. The number of carbonyl (C=O) groups is 3. The zero-order valence-electron chi connectivity index (χ0n) is 16.2. The molecular weight excluding hydrogens is 330 g/mol. The third-order valence-electron chi connectivity index (χ3n) is 4.37. The number of hydrogen-bond donors (Lipinski definition) is 0. The van der Waals surface area contributed by atoms with E-state index >= 15 is 0 Å². The maximum atomic E-state index is 12.7. The number of amides is 3. The zero-order chi connectivity index (χ0) is 19.3. The van der Waals surface area contributed by atoms with Crippen LogP contribution in [0.15, 0.2) is 24.3 Å². The lowest BCUT2D eigenvalue weighted by Gasteiger charge is -2.26. The molecule has 0 saturated carbocycles. The van der Waals surface area contributed by atoms with Gasteiger partial charge in [0.1, 0.15) is 13.2 Å². The molecule has 3 amide bonds. The van der Waals surface area contributed by atoms with Gasteiger partial charge >= 0.3 is 0 Å². The Bertz CT molecular complexity index is 655. The SMILES string of the molecule is CCCC(=O)N(CC(=O)N1CC(=O)N(c2ccc(C)cc2)C1)CC(C)C. The van der Waals surface area contributed by atoms with Gasteiger partial charge < -0.3 is 9.80 Å². The van der Waals surface area contributed by atoms with E-state index in [0.29, 0.717) is 13.0 Å². The second kappa shape index (κ2) is 8.83. The van der Waals surface area contributed by atoms with Crippen LogP contribution in [0.5, 0.6) is 0 Å².